The van der Waals surface area contributed by atoms with E-state index in [1.54, 1.807) is 26.2 Å². The van der Waals surface area contributed by atoms with E-state index in [1.807, 2.05) is 25.1 Å². The molecule has 152 valence electrons. The second-order valence-corrected chi connectivity index (χ2v) is 9.10. The highest BCUT2D eigenvalue weighted by molar-refractivity contribution is 7.91. The predicted octanol–water partition coefficient (Wildman–Crippen LogP) is 1.54. The van der Waals surface area contributed by atoms with Crippen molar-refractivity contribution in [1.82, 2.24) is 4.90 Å². The molecule has 8 heteroatoms. The van der Waals surface area contributed by atoms with E-state index in [9.17, 15) is 13.2 Å². The van der Waals surface area contributed by atoms with Gasteiger partial charge in [-0.25, -0.2) is 8.42 Å². The molecule has 1 saturated heterocycles. The van der Waals surface area contributed by atoms with Crippen molar-refractivity contribution >= 4 is 15.7 Å². The third-order valence-corrected chi connectivity index (χ3v) is 6.63. The molecule has 1 aliphatic rings. The van der Waals surface area contributed by atoms with E-state index < -0.39 is 9.84 Å². The molecule has 1 amide bonds. The lowest BCUT2D eigenvalue weighted by atomic mass is 9.98. The van der Waals surface area contributed by atoms with Crippen molar-refractivity contribution in [1.29, 1.82) is 0 Å². The molecular weight excluding hydrogens is 370 g/mol. The Morgan fingerprint density at radius 2 is 1.93 bits per heavy atom. The first-order chi connectivity index (χ1) is 12.8. The van der Waals surface area contributed by atoms with Crippen LogP contribution in [0.4, 0.5) is 0 Å². The zero-order valence-corrected chi connectivity index (χ0v) is 17.3. The van der Waals surface area contributed by atoms with Gasteiger partial charge in [-0.15, -0.1) is 0 Å². The van der Waals surface area contributed by atoms with E-state index in [0.29, 0.717) is 37.5 Å². The van der Waals surface area contributed by atoms with E-state index >= 15 is 0 Å². The number of methoxy groups -OCH3 is 3. The molecule has 0 spiro atoms. The maximum Gasteiger partial charge on any atom is 0.226 e. The number of nitrogens with zero attached hydrogens (tertiary/aromatic N) is 1. The fourth-order valence-corrected chi connectivity index (χ4v) is 5.15. The summed E-state index contributed by atoms with van der Waals surface area (Å²) in [6, 6.07) is 5.32. The van der Waals surface area contributed by atoms with Gasteiger partial charge in [0.2, 0.25) is 5.91 Å². The van der Waals surface area contributed by atoms with Crippen LogP contribution in [0.25, 0.3) is 0 Å². The zero-order chi connectivity index (χ0) is 20.0. The largest absolute Gasteiger partial charge is 0.493 e. The molecule has 1 aromatic carbocycles. The SMILES string of the molecule is COCCN(C(=O)C(C)Cc1ccc(OC)c(OC)c1)C1CCS(=O)(=O)C1. The van der Waals surface area contributed by atoms with E-state index in [4.69, 9.17) is 14.2 Å². The van der Waals surface area contributed by atoms with Crippen molar-refractivity contribution < 1.29 is 27.4 Å². The fraction of sp³-hybridized carbons (Fsp3) is 0.632. The molecule has 2 unspecified atom stereocenters. The van der Waals surface area contributed by atoms with E-state index in [2.05, 4.69) is 0 Å². The molecule has 0 radical (unpaired) electrons. The molecule has 27 heavy (non-hydrogen) atoms. The summed E-state index contributed by atoms with van der Waals surface area (Å²) in [5.41, 5.74) is 0.958. The first kappa shape index (κ1) is 21.5. The second-order valence-electron chi connectivity index (χ2n) is 6.88. The summed E-state index contributed by atoms with van der Waals surface area (Å²) in [6.45, 7) is 2.64. The van der Waals surface area contributed by atoms with Crippen LogP contribution in [0.3, 0.4) is 0 Å². The van der Waals surface area contributed by atoms with Crippen LogP contribution >= 0.6 is 0 Å². The minimum absolute atomic E-state index is 0.0333. The van der Waals surface area contributed by atoms with Gasteiger partial charge in [-0.3, -0.25) is 4.79 Å². The van der Waals surface area contributed by atoms with Gasteiger partial charge in [0.1, 0.15) is 0 Å². The number of hydrogen-bond acceptors (Lipinski definition) is 6. The highest BCUT2D eigenvalue weighted by atomic mass is 32.2. The lowest BCUT2D eigenvalue weighted by molar-refractivity contribution is -0.137. The van der Waals surface area contributed by atoms with Crippen LogP contribution in [0.2, 0.25) is 0 Å². The molecule has 1 fully saturated rings. The quantitative estimate of drug-likeness (QED) is 0.627. The Kier molecular flexibility index (Phi) is 7.49. The van der Waals surface area contributed by atoms with Crippen molar-refractivity contribution in [3.63, 3.8) is 0 Å². The highest BCUT2D eigenvalue weighted by Crippen LogP contribution is 2.29. The lowest BCUT2D eigenvalue weighted by Crippen LogP contribution is -2.45. The molecule has 1 heterocycles. The Bertz CT molecular complexity index is 749. The van der Waals surface area contributed by atoms with Crippen molar-refractivity contribution in [2.24, 2.45) is 5.92 Å². The van der Waals surface area contributed by atoms with Gasteiger partial charge in [-0.05, 0) is 30.5 Å². The number of rotatable bonds is 9. The van der Waals surface area contributed by atoms with Crippen molar-refractivity contribution in [3.05, 3.63) is 23.8 Å². The van der Waals surface area contributed by atoms with Crippen LogP contribution in [0.5, 0.6) is 11.5 Å². The van der Waals surface area contributed by atoms with Gasteiger partial charge in [0, 0.05) is 25.6 Å². The van der Waals surface area contributed by atoms with Crippen molar-refractivity contribution in [2.45, 2.75) is 25.8 Å². The monoisotopic (exact) mass is 399 g/mol. The topological polar surface area (TPSA) is 82.1 Å². The van der Waals surface area contributed by atoms with Gasteiger partial charge in [0.25, 0.3) is 0 Å². The maximum atomic E-state index is 13.0. The Balaban J connectivity index is 2.12. The van der Waals surface area contributed by atoms with Gasteiger partial charge in [0.15, 0.2) is 21.3 Å². The molecule has 7 nitrogen and oxygen atoms in total. The summed E-state index contributed by atoms with van der Waals surface area (Å²) in [4.78, 5) is 14.7. The molecule has 1 aliphatic heterocycles. The van der Waals surface area contributed by atoms with Gasteiger partial charge in [0.05, 0.1) is 32.3 Å². The molecule has 0 saturated carbocycles. The van der Waals surface area contributed by atoms with Crippen LogP contribution in [-0.4, -0.2) is 71.3 Å². The van der Waals surface area contributed by atoms with Crippen LogP contribution in [0.15, 0.2) is 18.2 Å². The summed E-state index contributed by atoms with van der Waals surface area (Å²) < 4.78 is 39.4. The zero-order valence-electron chi connectivity index (χ0n) is 16.4. The van der Waals surface area contributed by atoms with Crippen molar-refractivity contribution in [3.8, 4) is 11.5 Å². The summed E-state index contributed by atoms with van der Waals surface area (Å²) in [6.07, 6.45) is 1.02. The first-order valence-corrected chi connectivity index (χ1v) is 10.8. The Hall–Kier alpha value is -1.80. The van der Waals surface area contributed by atoms with Crippen LogP contribution < -0.4 is 9.47 Å². The second kappa shape index (κ2) is 9.41. The number of ether oxygens (including phenoxy) is 3. The highest BCUT2D eigenvalue weighted by Gasteiger charge is 2.35. The molecule has 0 bridgehead atoms. The normalized spacial score (nSPS) is 19.5. The smallest absolute Gasteiger partial charge is 0.226 e. The Morgan fingerprint density at radius 3 is 2.48 bits per heavy atom. The Morgan fingerprint density at radius 1 is 1.22 bits per heavy atom. The Labute approximate surface area is 161 Å². The molecule has 0 N–H and O–H groups in total. The molecule has 1 aromatic rings. The molecule has 2 atom stereocenters. The number of carbonyl (C=O) groups excluding carboxylic acids is 1. The number of amides is 1. The first-order valence-electron chi connectivity index (χ1n) is 9.02. The number of sulfone groups is 1. The lowest BCUT2D eigenvalue weighted by Gasteiger charge is -2.30. The minimum atomic E-state index is -3.07. The number of hydrogen-bond donors (Lipinski definition) is 0. The number of benzene rings is 1. The minimum Gasteiger partial charge on any atom is -0.493 e. The summed E-state index contributed by atoms with van der Waals surface area (Å²) in [5.74, 6) is 1.09. The summed E-state index contributed by atoms with van der Waals surface area (Å²) in [7, 11) is 1.65. The van der Waals surface area contributed by atoms with E-state index in [1.165, 1.54) is 0 Å². The standard InChI is InChI=1S/C19H29NO6S/c1-14(11-15-5-6-17(25-3)18(12-15)26-4)19(21)20(8-9-24-2)16-7-10-27(22,23)13-16/h5-6,12,14,16H,7-11,13H2,1-4H3. The van der Waals surface area contributed by atoms with Gasteiger partial charge in [-0.2, -0.15) is 0 Å². The van der Waals surface area contributed by atoms with Gasteiger partial charge < -0.3 is 19.1 Å². The molecular formula is C19H29NO6S. The van der Waals surface area contributed by atoms with E-state index in [-0.39, 0.29) is 29.4 Å². The van der Waals surface area contributed by atoms with Gasteiger partial charge >= 0.3 is 0 Å². The summed E-state index contributed by atoms with van der Waals surface area (Å²) >= 11 is 0. The maximum absolute atomic E-state index is 13.0. The van der Waals surface area contributed by atoms with E-state index in [0.717, 1.165) is 5.56 Å². The third-order valence-electron chi connectivity index (χ3n) is 4.88. The van der Waals surface area contributed by atoms with Gasteiger partial charge in [-0.1, -0.05) is 13.0 Å². The fourth-order valence-electron chi connectivity index (χ4n) is 3.42. The third kappa shape index (κ3) is 5.59. The average Bonchev–Trinajstić information content (AvgIpc) is 3.01. The molecule has 0 aliphatic carbocycles. The summed E-state index contributed by atoms with van der Waals surface area (Å²) in [5, 5.41) is 0. The van der Waals surface area contributed by atoms with Crippen LogP contribution in [0, 0.1) is 5.92 Å². The number of carbonyl (C=O) groups is 1. The molecule has 2 rings (SSSR count). The predicted molar refractivity (Wildman–Crippen MR) is 103 cm³/mol. The molecule has 0 aromatic heterocycles. The van der Waals surface area contributed by atoms with Crippen LogP contribution in [-0.2, 0) is 25.8 Å². The van der Waals surface area contributed by atoms with Crippen LogP contribution in [0.1, 0.15) is 18.9 Å². The van der Waals surface area contributed by atoms with Crippen molar-refractivity contribution in [2.75, 3.05) is 46.0 Å². The average molecular weight is 400 g/mol.